The number of fused-ring (bicyclic) bond motifs is 1. The lowest BCUT2D eigenvalue weighted by Gasteiger charge is -2.18. The second-order valence-corrected chi connectivity index (χ2v) is 7.21. The average Bonchev–Trinajstić information content (AvgIpc) is 3.06. The van der Waals surface area contributed by atoms with Crippen molar-refractivity contribution in [1.29, 1.82) is 0 Å². The monoisotopic (exact) mass is 326 g/mol. The summed E-state index contributed by atoms with van der Waals surface area (Å²) in [5.41, 5.74) is 3.36. The van der Waals surface area contributed by atoms with E-state index in [1.807, 2.05) is 12.1 Å². The van der Waals surface area contributed by atoms with Gasteiger partial charge in [-0.2, -0.15) is 0 Å². The number of hydrogen-bond acceptors (Lipinski definition) is 4. The normalized spacial score (nSPS) is 14.3. The van der Waals surface area contributed by atoms with E-state index in [1.165, 1.54) is 5.56 Å². The van der Waals surface area contributed by atoms with Crippen LogP contribution in [0.15, 0.2) is 34.9 Å². The lowest BCUT2D eigenvalue weighted by Crippen LogP contribution is -2.31. The number of carbonyl (C=O) groups excluding carboxylic acids is 1. The van der Waals surface area contributed by atoms with E-state index >= 15 is 0 Å². The number of amides is 1. The molecule has 0 N–H and O–H groups in total. The molecule has 4 rings (SSSR count). The number of furan rings is 1. The molecule has 23 heavy (non-hydrogen) atoms. The molecule has 0 atom stereocenters. The molecule has 0 aliphatic heterocycles. The van der Waals surface area contributed by atoms with E-state index in [4.69, 9.17) is 9.40 Å². The molecule has 1 aliphatic carbocycles. The van der Waals surface area contributed by atoms with Crippen LogP contribution in [0.1, 0.15) is 29.7 Å². The van der Waals surface area contributed by atoms with Gasteiger partial charge in [0.2, 0.25) is 5.91 Å². The molecule has 1 aliphatic rings. The van der Waals surface area contributed by atoms with Gasteiger partial charge in [-0.05, 0) is 56.0 Å². The highest BCUT2D eigenvalue weighted by atomic mass is 32.1. The van der Waals surface area contributed by atoms with Crippen molar-refractivity contribution >= 4 is 32.6 Å². The smallest absolute Gasteiger partial charge is 0.232 e. The summed E-state index contributed by atoms with van der Waals surface area (Å²) in [4.78, 5) is 19.2. The number of aromatic nitrogens is 1. The molecular formula is C18H18N2O2S. The molecule has 1 aromatic carbocycles. The minimum Gasteiger partial charge on any atom is -0.467 e. The van der Waals surface area contributed by atoms with E-state index in [9.17, 15) is 4.79 Å². The zero-order valence-electron chi connectivity index (χ0n) is 13.2. The Bertz CT molecular complexity index is 863. The van der Waals surface area contributed by atoms with Gasteiger partial charge in [-0.15, -0.1) is 0 Å². The fraction of sp³-hybridized carbons (Fsp3) is 0.333. The first-order valence-corrected chi connectivity index (χ1v) is 8.65. The van der Waals surface area contributed by atoms with Crippen LogP contribution in [0.4, 0.5) is 5.13 Å². The predicted octanol–water partition coefficient (Wildman–Crippen LogP) is 4.45. The first-order valence-electron chi connectivity index (χ1n) is 7.83. The lowest BCUT2D eigenvalue weighted by molar-refractivity contribution is -0.120. The van der Waals surface area contributed by atoms with Gasteiger partial charge in [-0.1, -0.05) is 17.4 Å². The highest BCUT2D eigenvalue weighted by Gasteiger charge is 2.35. The van der Waals surface area contributed by atoms with Gasteiger partial charge in [-0.3, -0.25) is 9.69 Å². The molecule has 3 aromatic rings. The third-order valence-electron chi connectivity index (χ3n) is 4.14. The molecule has 4 nitrogen and oxygen atoms in total. The third kappa shape index (κ3) is 2.77. The van der Waals surface area contributed by atoms with E-state index in [1.54, 1.807) is 22.5 Å². The summed E-state index contributed by atoms with van der Waals surface area (Å²) in [6.45, 7) is 4.60. The van der Waals surface area contributed by atoms with Crippen LogP contribution in [0.2, 0.25) is 0 Å². The van der Waals surface area contributed by atoms with E-state index in [0.29, 0.717) is 6.54 Å². The number of benzene rings is 1. The predicted molar refractivity (Wildman–Crippen MR) is 91.7 cm³/mol. The van der Waals surface area contributed by atoms with Crippen molar-refractivity contribution in [2.75, 3.05) is 4.90 Å². The molecule has 0 radical (unpaired) electrons. The number of nitrogens with zero attached hydrogens (tertiary/aromatic N) is 2. The topological polar surface area (TPSA) is 46.3 Å². The summed E-state index contributed by atoms with van der Waals surface area (Å²) in [6, 6.07) is 8.01. The third-order valence-corrected chi connectivity index (χ3v) is 5.16. The van der Waals surface area contributed by atoms with E-state index < -0.39 is 0 Å². The second-order valence-electron chi connectivity index (χ2n) is 6.20. The number of hydrogen-bond donors (Lipinski definition) is 0. The van der Waals surface area contributed by atoms with Crippen LogP contribution in [-0.2, 0) is 11.3 Å². The Hall–Kier alpha value is -2.14. The standard InChI is InChI=1S/C18H18N2O2S/c1-11-8-12(2)16-15(9-11)23-18(19-16)20(17(21)13-5-6-13)10-14-4-3-7-22-14/h3-4,7-9,13H,5-6,10H2,1-2H3. The van der Waals surface area contributed by atoms with Crippen LogP contribution in [0.3, 0.4) is 0 Å². The van der Waals surface area contributed by atoms with Crippen molar-refractivity contribution < 1.29 is 9.21 Å². The van der Waals surface area contributed by atoms with Crippen LogP contribution in [0.25, 0.3) is 10.2 Å². The van der Waals surface area contributed by atoms with Gasteiger partial charge in [0.25, 0.3) is 0 Å². The van der Waals surface area contributed by atoms with Crippen molar-refractivity contribution in [2.45, 2.75) is 33.2 Å². The highest BCUT2D eigenvalue weighted by Crippen LogP contribution is 2.37. The van der Waals surface area contributed by atoms with Crippen LogP contribution in [-0.4, -0.2) is 10.9 Å². The van der Waals surface area contributed by atoms with Crippen molar-refractivity contribution in [1.82, 2.24) is 4.98 Å². The van der Waals surface area contributed by atoms with Crippen molar-refractivity contribution in [3.8, 4) is 0 Å². The van der Waals surface area contributed by atoms with E-state index in [-0.39, 0.29) is 11.8 Å². The minimum atomic E-state index is 0.153. The SMILES string of the molecule is Cc1cc(C)c2nc(N(Cc3ccco3)C(=O)C3CC3)sc2c1. The number of thiazole rings is 1. The maximum absolute atomic E-state index is 12.7. The number of rotatable bonds is 4. The largest absolute Gasteiger partial charge is 0.467 e. The summed E-state index contributed by atoms with van der Waals surface area (Å²) in [6.07, 6.45) is 3.61. The van der Waals surface area contributed by atoms with Crippen LogP contribution >= 0.6 is 11.3 Å². The molecule has 0 unspecified atom stereocenters. The van der Waals surface area contributed by atoms with E-state index in [0.717, 1.165) is 39.5 Å². The second kappa shape index (κ2) is 5.49. The van der Waals surface area contributed by atoms with Crippen molar-refractivity contribution in [3.05, 3.63) is 47.4 Å². The fourth-order valence-corrected chi connectivity index (χ4v) is 3.97. The summed E-state index contributed by atoms with van der Waals surface area (Å²) >= 11 is 1.58. The quantitative estimate of drug-likeness (QED) is 0.711. The molecule has 5 heteroatoms. The van der Waals surface area contributed by atoms with Gasteiger partial charge < -0.3 is 4.42 Å². The molecule has 0 bridgehead atoms. The molecule has 1 amide bonds. The zero-order chi connectivity index (χ0) is 16.0. The van der Waals surface area contributed by atoms with Crippen molar-refractivity contribution in [3.63, 3.8) is 0 Å². The zero-order valence-corrected chi connectivity index (χ0v) is 14.0. The summed E-state index contributed by atoms with van der Waals surface area (Å²) in [7, 11) is 0. The fourth-order valence-electron chi connectivity index (χ4n) is 2.82. The first-order chi connectivity index (χ1) is 11.1. The number of anilines is 1. The Morgan fingerprint density at radius 1 is 1.39 bits per heavy atom. The molecule has 2 aromatic heterocycles. The Balaban J connectivity index is 1.75. The van der Waals surface area contributed by atoms with Crippen molar-refractivity contribution in [2.24, 2.45) is 5.92 Å². The van der Waals surface area contributed by atoms with Gasteiger partial charge >= 0.3 is 0 Å². The Morgan fingerprint density at radius 2 is 2.22 bits per heavy atom. The van der Waals surface area contributed by atoms with Gasteiger partial charge in [0.1, 0.15) is 5.76 Å². The van der Waals surface area contributed by atoms with Crippen LogP contribution in [0.5, 0.6) is 0 Å². The van der Waals surface area contributed by atoms with Gasteiger partial charge in [0.15, 0.2) is 5.13 Å². The maximum atomic E-state index is 12.7. The van der Waals surface area contributed by atoms with Gasteiger partial charge in [-0.25, -0.2) is 4.98 Å². The molecule has 0 saturated heterocycles. The summed E-state index contributed by atoms with van der Waals surface area (Å²) < 4.78 is 6.57. The Kier molecular flexibility index (Phi) is 3.45. The van der Waals surface area contributed by atoms with Crippen LogP contribution in [0, 0.1) is 19.8 Å². The molecule has 1 fully saturated rings. The van der Waals surface area contributed by atoms with Gasteiger partial charge in [0, 0.05) is 5.92 Å². The minimum absolute atomic E-state index is 0.153. The Labute approximate surface area is 138 Å². The molecule has 1 saturated carbocycles. The van der Waals surface area contributed by atoms with Gasteiger partial charge in [0.05, 0.1) is 23.0 Å². The average molecular weight is 326 g/mol. The Morgan fingerprint density at radius 3 is 2.91 bits per heavy atom. The van der Waals surface area contributed by atoms with E-state index in [2.05, 4.69) is 26.0 Å². The maximum Gasteiger partial charge on any atom is 0.232 e. The highest BCUT2D eigenvalue weighted by molar-refractivity contribution is 7.22. The summed E-state index contributed by atoms with van der Waals surface area (Å²) in [5, 5.41) is 0.766. The number of aryl methyl sites for hydroxylation is 2. The molecule has 2 heterocycles. The number of carbonyl (C=O) groups is 1. The molecule has 118 valence electrons. The molecule has 0 spiro atoms. The molecular weight excluding hydrogens is 308 g/mol. The summed E-state index contributed by atoms with van der Waals surface area (Å²) in [5.74, 6) is 1.10. The lowest BCUT2D eigenvalue weighted by atomic mass is 10.1. The van der Waals surface area contributed by atoms with Crippen LogP contribution < -0.4 is 4.90 Å². The first kappa shape index (κ1) is 14.5.